The first-order valence-corrected chi connectivity index (χ1v) is 6.69. The number of halogens is 1. The first-order valence-electron chi connectivity index (χ1n) is 6.69. The summed E-state index contributed by atoms with van der Waals surface area (Å²) in [6.45, 7) is 4.05. The van der Waals surface area contributed by atoms with Crippen LogP contribution >= 0.6 is 0 Å². The van der Waals surface area contributed by atoms with Crippen molar-refractivity contribution >= 4 is 5.91 Å². The van der Waals surface area contributed by atoms with E-state index in [1.807, 2.05) is 32.0 Å². The Morgan fingerprint density at radius 3 is 2.15 bits per heavy atom. The van der Waals surface area contributed by atoms with Crippen LogP contribution in [0.1, 0.15) is 35.8 Å². The molecule has 0 unspecified atom stereocenters. The fourth-order valence-electron chi connectivity index (χ4n) is 2.12. The van der Waals surface area contributed by atoms with Gasteiger partial charge in [-0.1, -0.05) is 44.2 Å². The van der Waals surface area contributed by atoms with E-state index < -0.39 is 0 Å². The zero-order valence-electron chi connectivity index (χ0n) is 11.6. The van der Waals surface area contributed by atoms with E-state index in [1.54, 1.807) is 24.3 Å². The second kappa shape index (κ2) is 6.33. The van der Waals surface area contributed by atoms with Crippen molar-refractivity contribution < 1.29 is 9.18 Å². The third-order valence-corrected chi connectivity index (χ3v) is 3.22. The normalized spacial score (nSPS) is 12.2. The van der Waals surface area contributed by atoms with Gasteiger partial charge in [0.05, 0.1) is 6.04 Å². The molecule has 0 saturated carbocycles. The number of hydrogen-bond donors (Lipinski definition) is 1. The van der Waals surface area contributed by atoms with Crippen LogP contribution < -0.4 is 5.32 Å². The van der Waals surface area contributed by atoms with E-state index >= 15 is 0 Å². The first kappa shape index (κ1) is 14.3. The van der Waals surface area contributed by atoms with Crippen LogP contribution in [0.5, 0.6) is 0 Å². The number of benzene rings is 2. The van der Waals surface area contributed by atoms with Gasteiger partial charge in [-0.05, 0) is 35.7 Å². The van der Waals surface area contributed by atoms with Gasteiger partial charge in [-0.25, -0.2) is 4.39 Å². The molecule has 0 bridgehead atoms. The SMILES string of the molecule is CC(C)[C@H](NC(=O)c1ccccc1)c1ccc(F)cc1. The van der Waals surface area contributed by atoms with Crippen molar-refractivity contribution in [2.24, 2.45) is 5.92 Å². The molecule has 3 heteroatoms. The van der Waals surface area contributed by atoms with E-state index in [0.717, 1.165) is 5.56 Å². The van der Waals surface area contributed by atoms with Crippen molar-refractivity contribution in [3.8, 4) is 0 Å². The highest BCUT2D eigenvalue weighted by molar-refractivity contribution is 5.94. The van der Waals surface area contributed by atoms with Crippen molar-refractivity contribution in [3.63, 3.8) is 0 Å². The fraction of sp³-hybridized carbons (Fsp3) is 0.235. The summed E-state index contributed by atoms with van der Waals surface area (Å²) in [6.07, 6.45) is 0. The summed E-state index contributed by atoms with van der Waals surface area (Å²) >= 11 is 0. The summed E-state index contributed by atoms with van der Waals surface area (Å²) in [5.74, 6) is -0.174. The van der Waals surface area contributed by atoms with Crippen molar-refractivity contribution in [2.75, 3.05) is 0 Å². The van der Waals surface area contributed by atoms with Gasteiger partial charge >= 0.3 is 0 Å². The molecule has 2 nitrogen and oxygen atoms in total. The highest BCUT2D eigenvalue weighted by Crippen LogP contribution is 2.22. The standard InChI is InChI=1S/C17H18FNO/c1-12(2)16(13-8-10-15(18)11-9-13)19-17(20)14-6-4-3-5-7-14/h3-12,16H,1-2H3,(H,19,20)/t16-/m0/s1. The van der Waals surface area contributed by atoms with Gasteiger partial charge in [-0.15, -0.1) is 0 Å². The zero-order valence-corrected chi connectivity index (χ0v) is 11.6. The number of carbonyl (C=O) groups is 1. The molecule has 2 rings (SSSR count). The topological polar surface area (TPSA) is 29.1 Å². The summed E-state index contributed by atoms with van der Waals surface area (Å²) in [6, 6.07) is 15.2. The number of carbonyl (C=O) groups excluding carboxylic acids is 1. The molecule has 0 aliphatic carbocycles. The van der Waals surface area contributed by atoms with Crippen LogP contribution in [0.15, 0.2) is 54.6 Å². The van der Waals surface area contributed by atoms with E-state index in [-0.39, 0.29) is 23.7 Å². The van der Waals surface area contributed by atoms with E-state index in [0.29, 0.717) is 5.56 Å². The lowest BCUT2D eigenvalue weighted by Crippen LogP contribution is -2.31. The zero-order chi connectivity index (χ0) is 14.5. The fourth-order valence-corrected chi connectivity index (χ4v) is 2.12. The number of hydrogen-bond acceptors (Lipinski definition) is 1. The average molecular weight is 271 g/mol. The molecular formula is C17H18FNO. The molecule has 0 aliphatic heterocycles. The van der Waals surface area contributed by atoms with E-state index in [1.165, 1.54) is 12.1 Å². The summed E-state index contributed by atoms with van der Waals surface area (Å²) in [5, 5.41) is 3.01. The van der Waals surface area contributed by atoms with Crippen LogP contribution in [0.3, 0.4) is 0 Å². The van der Waals surface area contributed by atoms with Crippen LogP contribution in [0, 0.1) is 11.7 Å². The maximum Gasteiger partial charge on any atom is 0.251 e. The summed E-state index contributed by atoms with van der Waals surface area (Å²) in [7, 11) is 0. The summed E-state index contributed by atoms with van der Waals surface area (Å²) in [5.41, 5.74) is 1.53. The third-order valence-electron chi connectivity index (χ3n) is 3.22. The maximum atomic E-state index is 13.0. The minimum absolute atomic E-state index is 0.117. The molecule has 0 aromatic heterocycles. The van der Waals surface area contributed by atoms with Gasteiger partial charge in [0, 0.05) is 5.56 Å². The Kier molecular flexibility index (Phi) is 4.51. The summed E-state index contributed by atoms with van der Waals surface area (Å²) < 4.78 is 13.0. The third kappa shape index (κ3) is 3.44. The second-order valence-corrected chi connectivity index (χ2v) is 5.11. The van der Waals surface area contributed by atoms with Gasteiger partial charge in [-0.3, -0.25) is 4.79 Å². The molecule has 104 valence electrons. The van der Waals surface area contributed by atoms with Gasteiger partial charge < -0.3 is 5.32 Å². The Bertz CT molecular complexity index is 563. The Morgan fingerprint density at radius 2 is 1.60 bits per heavy atom. The number of amides is 1. The Morgan fingerprint density at radius 1 is 1.00 bits per heavy atom. The van der Waals surface area contributed by atoms with E-state index in [4.69, 9.17) is 0 Å². The Balaban J connectivity index is 2.18. The van der Waals surface area contributed by atoms with Crippen molar-refractivity contribution in [1.29, 1.82) is 0 Å². The molecular weight excluding hydrogens is 253 g/mol. The monoisotopic (exact) mass is 271 g/mol. The van der Waals surface area contributed by atoms with Gasteiger partial charge in [0.25, 0.3) is 5.91 Å². The first-order chi connectivity index (χ1) is 9.58. The minimum Gasteiger partial charge on any atom is -0.345 e. The largest absolute Gasteiger partial charge is 0.345 e. The highest BCUT2D eigenvalue weighted by atomic mass is 19.1. The van der Waals surface area contributed by atoms with Crippen LogP contribution in [0.4, 0.5) is 4.39 Å². The highest BCUT2D eigenvalue weighted by Gasteiger charge is 2.19. The van der Waals surface area contributed by atoms with Gasteiger partial charge in [-0.2, -0.15) is 0 Å². The molecule has 0 spiro atoms. The minimum atomic E-state index is -0.273. The quantitative estimate of drug-likeness (QED) is 0.896. The molecule has 1 N–H and O–H groups in total. The van der Waals surface area contributed by atoms with Crippen molar-refractivity contribution in [2.45, 2.75) is 19.9 Å². The average Bonchev–Trinajstić information content (AvgIpc) is 2.46. The Labute approximate surface area is 118 Å². The molecule has 2 aromatic rings. The molecule has 0 saturated heterocycles. The molecule has 0 heterocycles. The second-order valence-electron chi connectivity index (χ2n) is 5.11. The van der Waals surface area contributed by atoms with E-state index in [2.05, 4.69) is 5.32 Å². The van der Waals surface area contributed by atoms with Crippen molar-refractivity contribution in [1.82, 2.24) is 5.32 Å². The molecule has 20 heavy (non-hydrogen) atoms. The molecule has 1 amide bonds. The predicted octanol–water partition coefficient (Wildman–Crippen LogP) is 3.95. The lowest BCUT2D eigenvalue weighted by molar-refractivity contribution is 0.0925. The lowest BCUT2D eigenvalue weighted by atomic mass is 9.95. The van der Waals surface area contributed by atoms with E-state index in [9.17, 15) is 9.18 Å². The van der Waals surface area contributed by atoms with Gasteiger partial charge in [0.15, 0.2) is 0 Å². The number of rotatable bonds is 4. The van der Waals surface area contributed by atoms with Crippen LogP contribution in [-0.2, 0) is 0 Å². The lowest BCUT2D eigenvalue weighted by Gasteiger charge is -2.23. The summed E-state index contributed by atoms with van der Waals surface area (Å²) in [4.78, 5) is 12.2. The van der Waals surface area contributed by atoms with Crippen molar-refractivity contribution in [3.05, 3.63) is 71.5 Å². The molecule has 0 aliphatic rings. The smallest absolute Gasteiger partial charge is 0.251 e. The molecule has 0 fully saturated rings. The molecule has 2 aromatic carbocycles. The van der Waals surface area contributed by atoms with Crippen LogP contribution in [0.2, 0.25) is 0 Å². The maximum absolute atomic E-state index is 13.0. The Hall–Kier alpha value is -2.16. The predicted molar refractivity (Wildman–Crippen MR) is 77.9 cm³/mol. The van der Waals surface area contributed by atoms with Gasteiger partial charge in [0.2, 0.25) is 0 Å². The van der Waals surface area contributed by atoms with Crippen LogP contribution in [0.25, 0.3) is 0 Å². The molecule has 0 radical (unpaired) electrons. The van der Waals surface area contributed by atoms with Gasteiger partial charge in [0.1, 0.15) is 5.82 Å². The number of nitrogens with one attached hydrogen (secondary N) is 1. The van der Waals surface area contributed by atoms with Crippen LogP contribution in [-0.4, -0.2) is 5.91 Å². The molecule has 1 atom stereocenters.